The molecule has 3 atom stereocenters. The molecule has 1 aromatic rings. The molecule has 0 saturated heterocycles. The number of carbonyl (C=O) groups is 1. The van der Waals surface area contributed by atoms with Crippen molar-refractivity contribution in [3.63, 3.8) is 0 Å². The molecule has 1 fully saturated rings. The SMILES string of the molecule is CC(=O)C1([Se]c2ccccc2)C(C)[C@H]1C. The second-order valence-electron chi connectivity index (χ2n) is 4.34. The fourth-order valence-electron chi connectivity index (χ4n) is 2.32. The molecule has 2 unspecified atom stereocenters. The van der Waals surface area contributed by atoms with Gasteiger partial charge in [0.25, 0.3) is 0 Å². The molecule has 2 heteroatoms. The quantitative estimate of drug-likeness (QED) is 0.766. The summed E-state index contributed by atoms with van der Waals surface area (Å²) in [5.74, 6) is 1.51. The van der Waals surface area contributed by atoms with E-state index in [9.17, 15) is 4.79 Å². The summed E-state index contributed by atoms with van der Waals surface area (Å²) in [5.41, 5.74) is 0. The van der Waals surface area contributed by atoms with Gasteiger partial charge < -0.3 is 0 Å². The Hall–Kier alpha value is -0.591. The van der Waals surface area contributed by atoms with E-state index in [4.69, 9.17) is 0 Å². The van der Waals surface area contributed by atoms with Crippen LogP contribution in [0.3, 0.4) is 0 Å². The molecule has 0 aliphatic heterocycles. The van der Waals surface area contributed by atoms with Crippen LogP contribution < -0.4 is 4.46 Å². The van der Waals surface area contributed by atoms with Gasteiger partial charge in [-0.15, -0.1) is 0 Å². The predicted octanol–water partition coefficient (Wildman–Crippen LogP) is 2.05. The Morgan fingerprint density at radius 1 is 1.20 bits per heavy atom. The van der Waals surface area contributed by atoms with Crippen LogP contribution in [0.5, 0.6) is 0 Å². The molecule has 0 spiro atoms. The molecule has 0 bridgehead atoms. The van der Waals surface area contributed by atoms with Crippen LogP contribution in [-0.2, 0) is 4.79 Å². The van der Waals surface area contributed by atoms with Crippen molar-refractivity contribution in [1.82, 2.24) is 0 Å². The van der Waals surface area contributed by atoms with Crippen LogP contribution in [0.4, 0.5) is 0 Å². The molecule has 1 aromatic carbocycles. The van der Waals surface area contributed by atoms with Crippen molar-refractivity contribution >= 4 is 25.2 Å². The maximum atomic E-state index is 11.8. The van der Waals surface area contributed by atoms with E-state index in [1.807, 2.05) is 6.07 Å². The Morgan fingerprint density at radius 3 is 2.13 bits per heavy atom. The minimum absolute atomic E-state index is 0.00560. The van der Waals surface area contributed by atoms with Crippen molar-refractivity contribution in [2.24, 2.45) is 11.8 Å². The topological polar surface area (TPSA) is 17.1 Å². The van der Waals surface area contributed by atoms with Crippen molar-refractivity contribution in [2.45, 2.75) is 25.1 Å². The minimum atomic E-state index is -0.00560. The standard InChI is InChI=1S/C13H16OSe/c1-9-10(2)13(9,11(3)14)15-12-7-5-4-6-8-12/h4-10H,1-3H3/t9-,10?,13?/m1/s1. The zero-order chi connectivity index (χ0) is 11.1. The van der Waals surface area contributed by atoms with Gasteiger partial charge in [0.1, 0.15) is 0 Å². The molecule has 0 aromatic heterocycles. The first-order chi connectivity index (χ1) is 7.09. The molecule has 2 rings (SSSR count). The Morgan fingerprint density at radius 2 is 1.73 bits per heavy atom. The van der Waals surface area contributed by atoms with Crippen molar-refractivity contribution < 1.29 is 4.79 Å². The van der Waals surface area contributed by atoms with Crippen LogP contribution in [0.2, 0.25) is 4.31 Å². The molecule has 1 saturated carbocycles. The molecule has 0 heterocycles. The molecular formula is C13H16OSe. The summed E-state index contributed by atoms with van der Waals surface area (Å²) in [4.78, 5) is 11.8. The average Bonchev–Trinajstić information content (AvgIpc) is 2.74. The second kappa shape index (κ2) is 3.77. The molecule has 1 aliphatic rings. The molecular weight excluding hydrogens is 251 g/mol. The van der Waals surface area contributed by atoms with Gasteiger partial charge in [-0.1, -0.05) is 0 Å². The Kier molecular flexibility index (Phi) is 2.74. The van der Waals surface area contributed by atoms with Gasteiger partial charge in [-0.3, -0.25) is 0 Å². The van der Waals surface area contributed by atoms with Crippen molar-refractivity contribution in [2.75, 3.05) is 0 Å². The first kappa shape index (κ1) is 10.9. The van der Waals surface area contributed by atoms with Gasteiger partial charge in [-0.25, -0.2) is 0 Å². The number of hydrogen-bond donors (Lipinski definition) is 0. The second-order valence-corrected chi connectivity index (χ2v) is 7.18. The summed E-state index contributed by atoms with van der Waals surface area (Å²) in [6, 6.07) is 10.4. The van der Waals surface area contributed by atoms with E-state index in [0.717, 1.165) is 0 Å². The molecule has 80 valence electrons. The number of carbonyl (C=O) groups excluding carboxylic acids is 1. The normalized spacial score (nSPS) is 33.8. The summed E-state index contributed by atoms with van der Waals surface area (Å²) in [7, 11) is 0. The number of Topliss-reactive ketones (excluding diaryl/α,β-unsaturated/α-hetero) is 1. The zero-order valence-corrected chi connectivity index (χ0v) is 11.1. The third-order valence-corrected chi connectivity index (χ3v) is 7.51. The van der Waals surface area contributed by atoms with E-state index in [1.165, 1.54) is 4.46 Å². The third kappa shape index (κ3) is 1.66. The van der Waals surface area contributed by atoms with Gasteiger partial charge in [0.2, 0.25) is 0 Å². The van der Waals surface area contributed by atoms with Crippen molar-refractivity contribution in [1.29, 1.82) is 0 Å². The van der Waals surface area contributed by atoms with E-state index < -0.39 is 0 Å². The summed E-state index contributed by atoms with van der Waals surface area (Å²) in [5, 5.41) is 0. The van der Waals surface area contributed by atoms with Crippen LogP contribution in [0.25, 0.3) is 0 Å². The molecule has 0 amide bonds. The van der Waals surface area contributed by atoms with Gasteiger partial charge in [0, 0.05) is 0 Å². The molecule has 1 nitrogen and oxygen atoms in total. The Bertz CT molecular complexity index is 363. The van der Waals surface area contributed by atoms with Crippen molar-refractivity contribution in [3.05, 3.63) is 30.3 Å². The first-order valence-corrected chi connectivity index (χ1v) is 7.05. The van der Waals surface area contributed by atoms with Crippen molar-refractivity contribution in [3.8, 4) is 0 Å². The summed E-state index contributed by atoms with van der Waals surface area (Å²) in [6.45, 7) is 6.16. The maximum absolute atomic E-state index is 11.8. The van der Waals surface area contributed by atoms with E-state index in [2.05, 4.69) is 38.1 Å². The van der Waals surface area contributed by atoms with Crippen LogP contribution in [0, 0.1) is 11.8 Å². The fourth-order valence-corrected chi connectivity index (χ4v) is 5.55. The average molecular weight is 267 g/mol. The van der Waals surface area contributed by atoms with E-state index >= 15 is 0 Å². The Balaban J connectivity index is 2.21. The van der Waals surface area contributed by atoms with Gasteiger partial charge in [0.05, 0.1) is 0 Å². The van der Waals surface area contributed by atoms with Gasteiger partial charge >= 0.3 is 97.2 Å². The molecule has 1 aliphatic carbocycles. The summed E-state index contributed by atoms with van der Waals surface area (Å²) >= 11 is 0.291. The van der Waals surface area contributed by atoms with E-state index in [0.29, 0.717) is 32.6 Å². The Labute approximate surface area is 97.4 Å². The van der Waals surface area contributed by atoms with Crippen LogP contribution in [0.15, 0.2) is 30.3 Å². The van der Waals surface area contributed by atoms with Gasteiger partial charge in [-0.2, -0.15) is 0 Å². The molecule has 15 heavy (non-hydrogen) atoms. The number of benzene rings is 1. The molecule has 0 radical (unpaired) electrons. The third-order valence-electron chi connectivity index (χ3n) is 3.57. The predicted molar refractivity (Wildman–Crippen MR) is 63.5 cm³/mol. The summed E-state index contributed by atoms with van der Waals surface area (Å²) < 4.78 is 1.34. The number of ketones is 1. The van der Waals surface area contributed by atoms with E-state index in [1.54, 1.807) is 6.92 Å². The monoisotopic (exact) mass is 268 g/mol. The van der Waals surface area contributed by atoms with Crippen LogP contribution in [-0.4, -0.2) is 20.7 Å². The summed E-state index contributed by atoms with van der Waals surface area (Å²) in [6.07, 6.45) is 0. The van der Waals surface area contributed by atoms with Crippen LogP contribution >= 0.6 is 0 Å². The number of rotatable bonds is 3. The van der Waals surface area contributed by atoms with Gasteiger partial charge in [-0.05, 0) is 0 Å². The van der Waals surface area contributed by atoms with E-state index in [-0.39, 0.29) is 4.31 Å². The zero-order valence-electron chi connectivity index (χ0n) is 9.36. The fraction of sp³-hybridized carbons (Fsp3) is 0.462. The van der Waals surface area contributed by atoms with Gasteiger partial charge in [0.15, 0.2) is 0 Å². The number of hydrogen-bond acceptors (Lipinski definition) is 1. The van der Waals surface area contributed by atoms with Crippen LogP contribution in [0.1, 0.15) is 20.8 Å². The first-order valence-electron chi connectivity index (χ1n) is 5.34. The molecule has 0 N–H and O–H groups in total.